The highest BCUT2D eigenvalue weighted by Gasteiger charge is 2.45. The number of halogens is 1. The summed E-state index contributed by atoms with van der Waals surface area (Å²) >= 11 is 0. The topological polar surface area (TPSA) is 131 Å². The third-order valence-corrected chi connectivity index (χ3v) is 11.8. The number of aryl methyl sites for hydroxylation is 1. The monoisotopic (exact) mass is 753 g/mol. The predicted molar refractivity (Wildman–Crippen MR) is 206 cm³/mol. The molecule has 5 aliphatic rings. The number of allylic oxidation sites excluding steroid dienone is 1. The minimum absolute atomic E-state index is 0.0239. The normalized spacial score (nSPS) is 19.9. The first kappa shape index (κ1) is 35.6. The lowest BCUT2D eigenvalue weighted by molar-refractivity contribution is -0.136. The lowest BCUT2D eigenvalue weighted by Gasteiger charge is -2.36. The van der Waals surface area contributed by atoms with Gasteiger partial charge in [0, 0.05) is 51.4 Å². The number of rotatable bonds is 6. The number of nitrogens with zero attached hydrogens (tertiary/aromatic N) is 4. The molecule has 0 bridgehead atoms. The number of fused-ring (bicyclic) bond motifs is 3. The summed E-state index contributed by atoms with van der Waals surface area (Å²) in [7, 11) is 0. The maximum absolute atomic E-state index is 13.9. The summed E-state index contributed by atoms with van der Waals surface area (Å²) in [6, 6.07) is 23.1. The first-order chi connectivity index (χ1) is 27.1. The van der Waals surface area contributed by atoms with Crippen LogP contribution in [0.2, 0.25) is 0 Å². The summed E-state index contributed by atoms with van der Waals surface area (Å²) in [5.74, 6) is -2.22. The Morgan fingerprint density at radius 1 is 0.732 bits per heavy atom. The zero-order valence-electron chi connectivity index (χ0n) is 30.7. The number of phenolic OH excluding ortho intramolecular Hbond substituents is 1. The number of carbonyl (C=O) groups is 5. The minimum atomic E-state index is -1.02. The summed E-state index contributed by atoms with van der Waals surface area (Å²) in [6.07, 6.45) is 2.74. The van der Waals surface area contributed by atoms with E-state index < -0.39 is 29.7 Å². The van der Waals surface area contributed by atoms with E-state index in [0.29, 0.717) is 26.2 Å². The van der Waals surface area contributed by atoms with E-state index in [2.05, 4.69) is 39.4 Å². The molecule has 2 fully saturated rings. The number of hydrogen-bond acceptors (Lipinski definition) is 8. The van der Waals surface area contributed by atoms with Crippen LogP contribution in [0.4, 0.5) is 10.1 Å². The van der Waals surface area contributed by atoms with Gasteiger partial charge < -0.3 is 14.9 Å². The average Bonchev–Trinajstić information content (AvgIpc) is 3.65. The van der Waals surface area contributed by atoms with Gasteiger partial charge in [-0.25, -0.2) is 4.39 Å². The molecule has 9 rings (SSSR count). The van der Waals surface area contributed by atoms with E-state index in [1.54, 1.807) is 23.1 Å². The van der Waals surface area contributed by atoms with Crippen molar-refractivity contribution in [3.63, 3.8) is 0 Å². The molecule has 4 aromatic rings. The van der Waals surface area contributed by atoms with E-state index in [1.807, 2.05) is 24.3 Å². The number of hydrogen-bond donors (Lipinski definition) is 2. The van der Waals surface area contributed by atoms with Crippen molar-refractivity contribution in [1.29, 1.82) is 0 Å². The highest BCUT2D eigenvalue weighted by Crippen LogP contribution is 2.41. The fourth-order valence-electron chi connectivity index (χ4n) is 8.88. The Kier molecular flexibility index (Phi) is 9.00. The van der Waals surface area contributed by atoms with E-state index in [4.69, 9.17) is 0 Å². The van der Waals surface area contributed by atoms with Gasteiger partial charge in [0.2, 0.25) is 17.7 Å². The number of piperidine rings is 1. The molecule has 0 spiro atoms. The molecule has 4 aromatic carbocycles. The number of aromatic hydroxyl groups is 1. The van der Waals surface area contributed by atoms with Crippen LogP contribution < -0.4 is 10.2 Å². The van der Waals surface area contributed by atoms with Gasteiger partial charge in [-0.3, -0.25) is 39.1 Å². The molecule has 0 radical (unpaired) electrons. The summed E-state index contributed by atoms with van der Waals surface area (Å²) < 4.78 is 13.9. The summed E-state index contributed by atoms with van der Waals surface area (Å²) in [5, 5.41) is 12.5. The van der Waals surface area contributed by atoms with Crippen LogP contribution in [-0.4, -0.2) is 88.1 Å². The Labute approximate surface area is 323 Å². The predicted octanol–water partition coefficient (Wildman–Crippen LogP) is 4.89. The number of amides is 5. The lowest BCUT2D eigenvalue weighted by Crippen LogP contribution is -2.54. The van der Waals surface area contributed by atoms with Gasteiger partial charge in [-0.1, -0.05) is 30.3 Å². The van der Waals surface area contributed by atoms with Crippen molar-refractivity contribution in [3.8, 4) is 5.75 Å². The quantitative estimate of drug-likeness (QED) is 0.267. The maximum atomic E-state index is 13.9. The fraction of sp³-hybridized carbons (Fsp3) is 0.295. The molecule has 56 heavy (non-hydrogen) atoms. The van der Waals surface area contributed by atoms with Crippen LogP contribution in [-0.2, 0) is 33.9 Å². The Balaban J connectivity index is 0.842. The molecular formula is C44H40FN5O6. The molecule has 0 aromatic heterocycles. The highest BCUT2D eigenvalue weighted by atomic mass is 19.1. The molecule has 0 saturated carbocycles. The van der Waals surface area contributed by atoms with Gasteiger partial charge in [0.25, 0.3) is 11.8 Å². The van der Waals surface area contributed by atoms with Gasteiger partial charge in [0.05, 0.1) is 17.7 Å². The average molecular weight is 754 g/mol. The SMILES string of the molecule is O=C1CCC(N2C(=O)c3cc4c(cc3C2=O)CN(C(=O)CN2CCN(c3ccc(C5=C(c6ccc(F)cc6)CCCc6cc(O)ccc65)cc3)CC2)C4)C(=O)N1. The van der Waals surface area contributed by atoms with Crippen molar-refractivity contribution in [1.82, 2.24) is 20.0 Å². The minimum Gasteiger partial charge on any atom is -0.508 e. The molecule has 2 saturated heterocycles. The molecule has 1 unspecified atom stereocenters. The zero-order chi connectivity index (χ0) is 38.7. The van der Waals surface area contributed by atoms with E-state index >= 15 is 0 Å². The number of phenols is 1. The summed E-state index contributed by atoms with van der Waals surface area (Å²) in [4.78, 5) is 71.4. The molecule has 12 heteroatoms. The lowest BCUT2D eigenvalue weighted by atomic mass is 9.87. The van der Waals surface area contributed by atoms with Crippen LogP contribution in [0.15, 0.2) is 78.9 Å². The zero-order valence-corrected chi connectivity index (χ0v) is 30.7. The largest absolute Gasteiger partial charge is 0.508 e. The van der Waals surface area contributed by atoms with Gasteiger partial charge in [-0.2, -0.15) is 0 Å². The molecule has 1 aliphatic carbocycles. The Morgan fingerprint density at radius 3 is 2.05 bits per heavy atom. The van der Waals surface area contributed by atoms with Crippen LogP contribution >= 0.6 is 0 Å². The molecule has 11 nitrogen and oxygen atoms in total. The molecule has 4 heterocycles. The first-order valence-corrected chi connectivity index (χ1v) is 19.2. The number of imide groups is 2. The van der Waals surface area contributed by atoms with Gasteiger partial charge in [-0.05, 0) is 119 Å². The van der Waals surface area contributed by atoms with Crippen molar-refractivity contribution >= 4 is 46.4 Å². The van der Waals surface area contributed by atoms with Crippen molar-refractivity contribution in [2.45, 2.75) is 51.2 Å². The van der Waals surface area contributed by atoms with Crippen LogP contribution in [0.5, 0.6) is 5.75 Å². The molecule has 5 amide bonds. The second kappa shape index (κ2) is 14.2. The highest BCUT2D eigenvalue weighted by molar-refractivity contribution is 6.23. The fourth-order valence-corrected chi connectivity index (χ4v) is 8.88. The number of carbonyl (C=O) groups excluding carboxylic acids is 5. The second-order valence-electron chi connectivity index (χ2n) is 15.2. The molecule has 4 aliphatic heterocycles. The van der Waals surface area contributed by atoms with E-state index in [0.717, 1.165) is 87.5 Å². The van der Waals surface area contributed by atoms with Crippen molar-refractivity contribution in [3.05, 3.63) is 129 Å². The van der Waals surface area contributed by atoms with Crippen LogP contribution in [0.25, 0.3) is 11.1 Å². The van der Waals surface area contributed by atoms with Crippen molar-refractivity contribution in [2.24, 2.45) is 0 Å². The van der Waals surface area contributed by atoms with Crippen molar-refractivity contribution in [2.75, 3.05) is 37.6 Å². The third kappa shape index (κ3) is 6.43. The van der Waals surface area contributed by atoms with Crippen LogP contribution in [0.3, 0.4) is 0 Å². The Bertz CT molecular complexity index is 2300. The number of benzene rings is 4. The summed E-state index contributed by atoms with van der Waals surface area (Å²) in [5.41, 5.74) is 9.63. The van der Waals surface area contributed by atoms with E-state index in [-0.39, 0.29) is 48.0 Å². The van der Waals surface area contributed by atoms with Gasteiger partial charge in [0.1, 0.15) is 17.6 Å². The molecule has 1 atom stereocenters. The van der Waals surface area contributed by atoms with Crippen LogP contribution in [0, 0.1) is 5.82 Å². The molecule has 2 N–H and O–H groups in total. The first-order valence-electron chi connectivity index (χ1n) is 19.2. The number of piperazine rings is 1. The molecule has 284 valence electrons. The van der Waals surface area contributed by atoms with Crippen LogP contribution in [0.1, 0.15) is 79.8 Å². The van der Waals surface area contributed by atoms with E-state index in [9.17, 15) is 33.5 Å². The maximum Gasteiger partial charge on any atom is 0.262 e. The number of nitrogens with one attached hydrogen (secondary N) is 1. The summed E-state index contributed by atoms with van der Waals surface area (Å²) in [6.45, 7) is 3.84. The third-order valence-electron chi connectivity index (χ3n) is 11.8. The number of anilines is 1. The van der Waals surface area contributed by atoms with Gasteiger partial charge in [-0.15, -0.1) is 0 Å². The van der Waals surface area contributed by atoms with E-state index in [1.165, 1.54) is 12.1 Å². The van der Waals surface area contributed by atoms with Gasteiger partial charge in [0.15, 0.2) is 0 Å². The Hall–Kier alpha value is -6.14. The molecular weight excluding hydrogens is 714 g/mol. The second-order valence-corrected chi connectivity index (χ2v) is 15.2. The smallest absolute Gasteiger partial charge is 0.262 e. The standard InChI is InChI=1S/C44H40FN5O6/c45-31-8-4-26(5-9-31)34-3-1-2-28-20-33(51)12-13-35(28)41(34)27-6-10-32(11-7-27)48-18-16-47(17-19-48)25-40(53)49-23-29-21-36-37(22-30(29)24-49)44(56)50(43(36)55)38-14-15-39(52)46-42(38)54/h4-13,20-22,38,51H,1-3,14-19,23-25H2,(H,46,52,54). The Morgan fingerprint density at radius 2 is 1.39 bits per heavy atom. The van der Waals surface area contributed by atoms with Gasteiger partial charge >= 0.3 is 0 Å². The van der Waals surface area contributed by atoms with Crippen molar-refractivity contribution < 1.29 is 33.5 Å².